The van der Waals surface area contributed by atoms with E-state index in [9.17, 15) is 4.79 Å². The molecule has 1 rings (SSSR count). The van der Waals surface area contributed by atoms with E-state index in [1.54, 1.807) is 12.1 Å². The Balaban J connectivity index is 2.38. The third kappa shape index (κ3) is 4.19. The number of nitrogens with one attached hydrogen (secondary N) is 1. The highest BCUT2D eigenvalue weighted by Gasteiger charge is 2.01. The van der Waals surface area contributed by atoms with Crippen molar-refractivity contribution in [1.82, 2.24) is 5.32 Å². The van der Waals surface area contributed by atoms with Crippen molar-refractivity contribution in [3.8, 4) is 12.3 Å². The summed E-state index contributed by atoms with van der Waals surface area (Å²) in [4.78, 5) is 11.4. The molecule has 3 N–H and O–H groups in total. The summed E-state index contributed by atoms with van der Waals surface area (Å²) in [6, 6.07) is 7.25. The van der Waals surface area contributed by atoms with Gasteiger partial charge in [-0.1, -0.05) is 12.1 Å². The molecule has 0 radical (unpaired) electrons. The minimum absolute atomic E-state index is 0.0185. The van der Waals surface area contributed by atoms with E-state index in [4.69, 9.17) is 12.2 Å². The summed E-state index contributed by atoms with van der Waals surface area (Å²) in [5.41, 5.74) is 7.18. The number of nitrogen functional groups attached to an aromatic ring is 1. The summed E-state index contributed by atoms with van der Waals surface area (Å²) in [5.74, 6) is 2.44. The van der Waals surface area contributed by atoms with Gasteiger partial charge in [0.2, 0.25) is 5.91 Å². The number of rotatable bonds is 4. The van der Waals surface area contributed by atoms with E-state index in [0.717, 1.165) is 5.56 Å². The van der Waals surface area contributed by atoms with Crippen LogP contribution in [0.15, 0.2) is 24.3 Å². The zero-order chi connectivity index (χ0) is 11.1. The standard InChI is InChI=1S/C12H14N2O/c1-2-3-8-14-12(15)9-10-4-6-11(13)7-5-10/h1,4-7H,3,8-9,13H2,(H,14,15). The molecule has 1 aromatic carbocycles. The van der Waals surface area contributed by atoms with Crippen LogP contribution in [-0.2, 0) is 11.2 Å². The second kappa shape index (κ2) is 5.71. The number of benzene rings is 1. The molecule has 78 valence electrons. The molecule has 0 aliphatic rings. The smallest absolute Gasteiger partial charge is 0.224 e. The molecule has 0 fully saturated rings. The van der Waals surface area contributed by atoms with Crippen molar-refractivity contribution in [1.29, 1.82) is 0 Å². The highest BCUT2D eigenvalue weighted by molar-refractivity contribution is 5.78. The van der Waals surface area contributed by atoms with E-state index >= 15 is 0 Å². The minimum atomic E-state index is -0.0185. The molecule has 0 aromatic heterocycles. The van der Waals surface area contributed by atoms with Crippen LogP contribution in [0.4, 0.5) is 5.69 Å². The number of nitrogens with two attached hydrogens (primary N) is 1. The predicted octanol–water partition coefficient (Wildman–Crippen LogP) is 0.951. The summed E-state index contributed by atoms with van der Waals surface area (Å²) in [6.07, 6.45) is 6.00. The van der Waals surface area contributed by atoms with E-state index in [1.165, 1.54) is 0 Å². The Morgan fingerprint density at radius 2 is 2.07 bits per heavy atom. The molecule has 0 atom stereocenters. The van der Waals surface area contributed by atoms with E-state index in [2.05, 4.69) is 11.2 Å². The normalized spacial score (nSPS) is 9.27. The van der Waals surface area contributed by atoms with E-state index in [-0.39, 0.29) is 5.91 Å². The monoisotopic (exact) mass is 202 g/mol. The lowest BCUT2D eigenvalue weighted by molar-refractivity contribution is -0.120. The van der Waals surface area contributed by atoms with Gasteiger partial charge in [-0.2, -0.15) is 0 Å². The van der Waals surface area contributed by atoms with Gasteiger partial charge >= 0.3 is 0 Å². The van der Waals surface area contributed by atoms with Gasteiger partial charge < -0.3 is 11.1 Å². The Bertz CT molecular complexity index is 362. The van der Waals surface area contributed by atoms with Crippen molar-refractivity contribution in [2.24, 2.45) is 0 Å². The van der Waals surface area contributed by atoms with Crippen molar-refractivity contribution in [2.75, 3.05) is 12.3 Å². The predicted molar refractivity (Wildman–Crippen MR) is 61.0 cm³/mol. The van der Waals surface area contributed by atoms with Crippen molar-refractivity contribution in [3.05, 3.63) is 29.8 Å². The number of carbonyl (C=O) groups excluding carboxylic acids is 1. The molecule has 15 heavy (non-hydrogen) atoms. The van der Waals surface area contributed by atoms with Crippen LogP contribution in [0.2, 0.25) is 0 Å². The van der Waals surface area contributed by atoms with Crippen LogP contribution in [0, 0.1) is 12.3 Å². The van der Waals surface area contributed by atoms with Crippen molar-refractivity contribution >= 4 is 11.6 Å². The molecule has 0 aliphatic heterocycles. The third-order valence-corrected chi connectivity index (χ3v) is 1.94. The van der Waals surface area contributed by atoms with Gasteiger partial charge in [0.1, 0.15) is 0 Å². The van der Waals surface area contributed by atoms with Gasteiger partial charge in [-0.15, -0.1) is 12.3 Å². The quantitative estimate of drug-likeness (QED) is 0.434. The Morgan fingerprint density at radius 1 is 1.40 bits per heavy atom. The molecule has 0 bridgehead atoms. The van der Waals surface area contributed by atoms with Crippen LogP contribution in [0.1, 0.15) is 12.0 Å². The lowest BCUT2D eigenvalue weighted by Gasteiger charge is -2.03. The van der Waals surface area contributed by atoms with Crippen LogP contribution < -0.4 is 11.1 Å². The number of hydrogen-bond donors (Lipinski definition) is 2. The summed E-state index contributed by atoms with van der Waals surface area (Å²) >= 11 is 0. The highest BCUT2D eigenvalue weighted by atomic mass is 16.1. The summed E-state index contributed by atoms with van der Waals surface area (Å²) < 4.78 is 0. The fourth-order valence-electron chi connectivity index (χ4n) is 1.16. The minimum Gasteiger partial charge on any atom is -0.399 e. The maximum absolute atomic E-state index is 11.4. The van der Waals surface area contributed by atoms with Gasteiger partial charge in [0.25, 0.3) is 0 Å². The molecule has 0 saturated heterocycles. The molecule has 3 heteroatoms. The first-order valence-corrected chi connectivity index (χ1v) is 4.77. The molecular weight excluding hydrogens is 188 g/mol. The van der Waals surface area contributed by atoms with Crippen molar-refractivity contribution in [3.63, 3.8) is 0 Å². The van der Waals surface area contributed by atoms with Crippen LogP contribution in [0.25, 0.3) is 0 Å². The maximum Gasteiger partial charge on any atom is 0.224 e. The van der Waals surface area contributed by atoms with Gasteiger partial charge in [0, 0.05) is 18.7 Å². The highest BCUT2D eigenvalue weighted by Crippen LogP contribution is 2.05. The van der Waals surface area contributed by atoms with E-state index in [1.807, 2.05) is 12.1 Å². The van der Waals surface area contributed by atoms with Crippen LogP contribution >= 0.6 is 0 Å². The third-order valence-electron chi connectivity index (χ3n) is 1.94. The first-order valence-electron chi connectivity index (χ1n) is 4.77. The van der Waals surface area contributed by atoms with Crippen LogP contribution in [0.5, 0.6) is 0 Å². The van der Waals surface area contributed by atoms with Crippen molar-refractivity contribution < 1.29 is 4.79 Å². The Morgan fingerprint density at radius 3 is 2.67 bits per heavy atom. The first kappa shape index (κ1) is 11.1. The fraction of sp³-hybridized carbons (Fsp3) is 0.250. The van der Waals surface area contributed by atoms with E-state index < -0.39 is 0 Å². The number of amides is 1. The summed E-state index contributed by atoms with van der Waals surface area (Å²) in [5, 5.41) is 2.73. The molecule has 0 spiro atoms. The molecule has 1 amide bonds. The summed E-state index contributed by atoms with van der Waals surface area (Å²) in [6.45, 7) is 0.532. The number of anilines is 1. The molecule has 0 heterocycles. The average molecular weight is 202 g/mol. The Hall–Kier alpha value is -1.95. The zero-order valence-corrected chi connectivity index (χ0v) is 8.49. The Kier molecular flexibility index (Phi) is 4.24. The van der Waals surface area contributed by atoms with Gasteiger partial charge in [-0.25, -0.2) is 0 Å². The van der Waals surface area contributed by atoms with Crippen LogP contribution in [-0.4, -0.2) is 12.5 Å². The maximum atomic E-state index is 11.4. The lowest BCUT2D eigenvalue weighted by atomic mass is 10.1. The SMILES string of the molecule is C#CCCNC(=O)Cc1ccc(N)cc1. The van der Waals surface area contributed by atoms with Crippen LogP contribution in [0.3, 0.4) is 0 Å². The average Bonchev–Trinajstić information content (AvgIpc) is 2.22. The first-order chi connectivity index (χ1) is 7.22. The van der Waals surface area contributed by atoms with Crippen molar-refractivity contribution in [2.45, 2.75) is 12.8 Å². The molecule has 3 nitrogen and oxygen atoms in total. The molecular formula is C12H14N2O. The molecule has 0 aliphatic carbocycles. The second-order valence-corrected chi connectivity index (χ2v) is 3.22. The van der Waals surface area contributed by atoms with Gasteiger partial charge in [-0.05, 0) is 17.7 Å². The lowest BCUT2D eigenvalue weighted by Crippen LogP contribution is -2.25. The topological polar surface area (TPSA) is 55.1 Å². The molecule has 1 aromatic rings. The number of carbonyl (C=O) groups is 1. The van der Waals surface area contributed by atoms with E-state index in [0.29, 0.717) is 25.1 Å². The van der Waals surface area contributed by atoms with Gasteiger partial charge in [0.15, 0.2) is 0 Å². The summed E-state index contributed by atoms with van der Waals surface area (Å²) in [7, 11) is 0. The number of hydrogen-bond acceptors (Lipinski definition) is 2. The Labute approximate surface area is 89.7 Å². The largest absolute Gasteiger partial charge is 0.399 e. The second-order valence-electron chi connectivity index (χ2n) is 3.22. The molecule has 0 saturated carbocycles. The fourth-order valence-corrected chi connectivity index (χ4v) is 1.16. The number of terminal acetylenes is 1. The van der Waals surface area contributed by atoms with Gasteiger partial charge in [-0.3, -0.25) is 4.79 Å². The van der Waals surface area contributed by atoms with Gasteiger partial charge in [0.05, 0.1) is 6.42 Å². The molecule has 0 unspecified atom stereocenters. The zero-order valence-electron chi connectivity index (χ0n) is 8.49.